The van der Waals surface area contributed by atoms with Crippen molar-refractivity contribution in [3.63, 3.8) is 0 Å². The largest absolute Gasteiger partial charge is 0.501 e. The van der Waals surface area contributed by atoms with Crippen LogP contribution in [0.25, 0.3) is 0 Å². The predicted octanol–water partition coefficient (Wildman–Crippen LogP) is 1.67. The highest BCUT2D eigenvalue weighted by molar-refractivity contribution is 6.61. The molecule has 0 radical (unpaired) electrons. The second-order valence-corrected chi connectivity index (χ2v) is 4.79. The van der Waals surface area contributed by atoms with E-state index in [-0.39, 0.29) is 5.47 Å². The summed E-state index contributed by atoms with van der Waals surface area (Å²) in [5.41, 5.74) is -0.985. The SMILES string of the molecule is CN/C=C(/B1OC(C)(C)C(C)(C)O1)C(=N)F. The van der Waals surface area contributed by atoms with Crippen molar-refractivity contribution in [3.05, 3.63) is 11.7 Å². The van der Waals surface area contributed by atoms with Gasteiger partial charge in [-0.2, -0.15) is 4.39 Å². The van der Waals surface area contributed by atoms with Gasteiger partial charge in [0, 0.05) is 13.2 Å². The van der Waals surface area contributed by atoms with Crippen LogP contribution in [0.15, 0.2) is 11.7 Å². The zero-order chi connectivity index (χ0) is 12.6. The number of halogens is 1. The van der Waals surface area contributed by atoms with Crippen molar-refractivity contribution in [1.29, 1.82) is 5.41 Å². The highest BCUT2D eigenvalue weighted by atomic mass is 19.1. The highest BCUT2D eigenvalue weighted by Gasteiger charge is 2.53. The number of hydrogen-bond donors (Lipinski definition) is 2. The van der Waals surface area contributed by atoms with Gasteiger partial charge in [0.25, 0.3) is 0 Å². The molecular weight excluding hydrogens is 210 g/mol. The number of hydrogen-bond acceptors (Lipinski definition) is 4. The fourth-order valence-electron chi connectivity index (χ4n) is 1.36. The van der Waals surface area contributed by atoms with Gasteiger partial charge in [0.05, 0.1) is 16.7 Å². The molecule has 6 heteroatoms. The van der Waals surface area contributed by atoms with Crippen LogP contribution >= 0.6 is 0 Å². The summed E-state index contributed by atoms with van der Waals surface area (Å²) in [6.45, 7) is 7.52. The van der Waals surface area contributed by atoms with E-state index in [0.717, 1.165) is 0 Å². The summed E-state index contributed by atoms with van der Waals surface area (Å²) in [5.74, 6) is -1.05. The first-order chi connectivity index (χ1) is 7.21. The molecule has 90 valence electrons. The quantitative estimate of drug-likeness (QED) is 0.570. The van der Waals surface area contributed by atoms with E-state index in [4.69, 9.17) is 14.7 Å². The van der Waals surface area contributed by atoms with Crippen LogP contribution < -0.4 is 5.32 Å². The Morgan fingerprint density at radius 3 is 2.00 bits per heavy atom. The summed E-state index contributed by atoms with van der Waals surface area (Å²) in [4.78, 5) is 0. The highest BCUT2D eigenvalue weighted by Crippen LogP contribution is 2.38. The number of rotatable bonds is 3. The van der Waals surface area contributed by atoms with Crippen LogP contribution in [-0.2, 0) is 9.31 Å². The van der Waals surface area contributed by atoms with E-state index in [1.807, 2.05) is 27.7 Å². The van der Waals surface area contributed by atoms with Crippen molar-refractivity contribution in [3.8, 4) is 0 Å². The standard InChI is InChI=1S/C10H18BFN2O2/c1-9(2)10(3,4)16-11(15-9)7(6-14-5)8(12)13/h6,13-14H,1-5H3/b7-6+,13-8?. The van der Waals surface area contributed by atoms with E-state index in [0.29, 0.717) is 0 Å². The Morgan fingerprint density at radius 1 is 1.25 bits per heavy atom. The third-order valence-electron chi connectivity index (χ3n) is 3.06. The third kappa shape index (κ3) is 2.27. The van der Waals surface area contributed by atoms with Crippen LogP contribution in [0.5, 0.6) is 0 Å². The first-order valence-electron chi connectivity index (χ1n) is 5.18. The molecule has 0 saturated carbocycles. The lowest BCUT2D eigenvalue weighted by Gasteiger charge is -2.32. The first-order valence-corrected chi connectivity index (χ1v) is 5.18. The van der Waals surface area contributed by atoms with E-state index in [1.165, 1.54) is 6.20 Å². The van der Waals surface area contributed by atoms with Crippen LogP contribution in [0.4, 0.5) is 4.39 Å². The zero-order valence-electron chi connectivity index (χ0n) is 10.3. The topological polar surface area (TPSA) is 54.3 Å². The van der Waals surface area contributed by atoms with Gasteiger partial charge in [-0.1, -0.05) is 0 Å². The minimum atomic E-state index is -1.05. The smallest absolute Gasteiger partial charge is 0.399 e. The third-order valence-corrected chi connectivity index (χ3v) is 3.06. The maximum absolute atomic E-state index is 13.0. The lowest BCUT2D eigenvalue weighted by atomic mass is 9.79. The monoisotopic (exact) mass is 228 g/mol. The summed E-state index contributed by atoms with van der Waals surface area (Å²) < 4.78 is 24.3. The van der Waals surface area contributed by atoms with Gasteiger partial charge in [0.1, 0.15) is 0 Å². The van der Waals surface area contributed by atoms with Gasteiger partial charge >= 0.3 is 7.12 Å². The molecule has 0 aromatic heterocycles. The Hall–Kier alpha value is -0.875. The Bertz CT molecular complexity index is 313. The lowest BCUT2D eigenvalue weighted by Crippen LogP contribution is -2.41. The second kappa shape index (κ2) is 4.18. The molecular formula is C10H18BFN2O2. The molecule has 0 atom stereocenters. The van der Waals surface area contributed by atoms with E-state index in [2.05, 4.69) is 5.32 Å². The average Bonchev–Trinajstić information content (AvgIpc) is 2.31. The van der Waals surface area contributed by atoms with Gasteiger partial charge in [0.15, 0.2) is 0 Å². The van der Waals surface area contributed by atoms with Crippen LogP contribution in [-0.4, -0.2) is 31.3 Å². The molecule has 16 heavy (non-hydrogen) atoms. The molecule has 1 aliphatic rings. The molecule has 0 unspecified atom stereocenters. The molecule has 1 aliphatic heterocycles. The summed E-state index contributed by atoms with van der Waals surface area (Å²) in [6, 6.07) is 0. The molecule has 0 aromatic rings. The summed E-state index contributed by atoms with van der Waals surface area (Å²) in [5, 5.41) is 9.72. The van der Waals surface area contributed by atoms with E-state index in [9.17, 15) is 4.39 Å². The molecule has 0 bridgehead atoms. The van der Waals surface area contributed by atoms with Crippen molar-refractivity contribution in [2.45, 2.75) is 38.9 Å². The summed E-state index contributed by atoms with van der Waals surface area (Å²) >= 11 is 0. The van der Waals surface area contributed by atoms with E-state index in [1.54, 1.807) is 7.05 Å². The predicted molar refractivity (Wildman–Crippen MR) is 62.1 cm³/mol. The Balaban J connectivity index is 2.94. The lowest BCUT2D eigenvalue weighted by molar-refractivity contribution is 0.00578. The molecule has 1 heterocycles. The van der Waals surface area contributed by atoms with Gasteiger partial charge in [-0.15, -0.1) is 0 Å². The fourth-order valence-corrected chi connectivity index (χ4v) is 1.36. The molecule has 0 aliphatic carbocycles. The van der Waals surface area contributed by atoms with Crippen molar-refractivity contribution in [2.24, 2.45) is 0 Å². The Kier molecular flexibility index (Phi) is 3.45. The van der Waals surface area contributed by atoms with E-state index >= 15 is 0 Å². The van der Waals surface area contributed by atoms with Crippen LogP contribution in [0.1, 0.15) is 27.7 Å². The molecule has 2 N–H and O–H groups in total. The molecule has 1 saturated heterocycles. The van der Waals surface area contributed by atoms with Crippen molar-refractivity contribution in [1.82, 2.24) is 5.32 Å². The normalized spacial score (nSPS) is 23.4. The average molecular weight is 228 g/mol. The maximum atomic E-state index is 13.0. The van der Waals surface area contributed by atoms with Gasteiger partial charge in [-0.25, -0.2) is 0 Å². The molecule has 0 amide bonds. The van der Waals surface area contributed by atoms with Gasteiger partial charge in [0.2, 0.25) is 5.97 Å². The fraction of sp³-hybridized carbons (Fsp3) is 0.700. The minimum absolute atomic E-state index is 0.0705. The minimum Gasteiger partial charge on any atom is -0.399 e. The molecule has 0 aromatic carbocycles. The second-order valence-electron chi connectivity index (χ2n) is 4.79. The maximum Gasteiger partial charge on any atom is 0.501 e. The van der Waals surface area contributed by atoms with Gasteiger partial charge < -0.3 is 14.6 Å². The van der Waals surface area contributed by atoms with Gasteiger partial charge in [-0.05, 0) is 27.7 Å². The van der Waals surface area contributed by atoms with Crippen molar-refractivity contribution in [2.75, 3.05) is 7.05 Å². The molecule has 1 rings (SSSR count). The molecule has 4 nitrogen and oxygen atoms in total. The van der Waals surface area contributed by atoms with E-state index < -0.39 is 24.3 Å². The number of nitrogens with one attached hydrogen (secondary N) is 2. The Morgan fingerprint density at radius 2 is 1.69 bits per heavy atom. The molecule has 1 fully saturated rings. The Labute approximate surface area is 95.8 Å². The summed E-state index contributed by atoms with van der Waals surface area (Å²) in [7, 11) is 0.795. The summed E-state index contributed by atoms with van der Waals surface area (Å²) in [6.07, 6.45) is 1.38. The first kappa shape index (κ1) is 13.2. The van der Waals surface area contributed by atoms with Crippen molar-refractivity contribution < 1.29 is 13.7 Å². The van der Waals surface area contributed by atoms with Crippen LogP contribution in [0.2, 0.25) is 0 Å². The zero-order valence-corrected chi connectivity index (χ0v) is 10.3. The van der Waals surface area contributed by atoms with Crippen molar-refractivity contribution >= 4 is 13.1 Å². The number of allylic oxidation sites excluding steroid dienone is 1. The van der Waals surface area contributed by atoms with Crippen LogP contribution in [0.3, 0.4) is 0 Å². The van der Waals surface area contributed by atoms with Crippen LogP contribution in [0, 0.1) is 5.41 Å². The van der Waals surface area contributed by atoms with Gasteiger partial charge in [-0.3, -0.25) is 5.41 Å². The molecule has 0 spiro atoms.